The molecule has 0 aliphatic carbocycles. The van der Waals surface area contributed by atoms with Gasteiger partial charge in [0.1, 0.15) is 0 Å². The molecule has 1 aliphatic rings. The summed E-state index contributed by atoms with van der Waals surface area (Å²) in [6.45, 7) is 1.92. The number of aromatic nitrogens is 1. The van der Waals surface area contributed by atoms with Gasteiger partial charge < -0.3 is 5.11 Å². The summed E-state index contributed by atoms with van der Waals surface area (Å²) in [5.74, 6) is 0. The minimum absolute atomic E-state index is 0.148. The first-order valence-electron chi connectivity index (χ1n) is 5.22. The zero-order chi connectivity index (χ0) is 12.6. The molecule has 0 aromatic carbocycles. The van der Waals surface area contributed by atoms with E-state index < -0.39 is 10.0 Å². The van der Waals surface area contributed by atoms with E-state index in [2.05, 4.69) is 4.98 Å². The van der Waals surface area contributed by atoms with Crippen molar-refractivity contribution in [3.63, 3.8) is 0 Å². The van der Waals surface area contributed by atoms with Gasteiger partial charge in [-0.25, -0.2) is 13.4 Å². The van der Waals surface area contributed by atoms with E-state index in [4.69, 9.17) is 11.6 Å². The zero-order valence-corrected chi connectivity index (χ0v) is 11.6. The van der Waals surface area contributed by atoms with E-state index in [-0.39, 0.29) is 21.3 Å². The van der Waals surface area contributed by atoms with Crippen LogP contribution in [0.2, 0.25) is 4.47 Å². The van der Waals surface area contributed by atoms with Crippen LogP contribution in [0.25, 0.3) is 0 Å². The van der Waals surface area contributed by atoms with Crippen LogP contribution in [0.4, 0.5) is 0 Å². The Hall–Kier alpha value is -0.210. The number of nitrogens with zero attached hydrogens (tertiary/aromatic N) is 2. The zero-order valence-electron chi connectivity index (χ0n) is 9.26. The smallest absolute Gasteiger partial charge is 0.254 e. The molecule has 0 saturated carbocycles. The van der Waals surface area contributed by atoms with Gasteiger partial charge in [-0.1, -0.05) is 22.9 Å². The van der Waals surface area contributed by atoms with E-state index in [1.165, 1.54) is 4.31 Å². The second-order valence-electron chi connectivity index (χ2n) is 3.93. The Labute approximate surface area is 109 Å². The summed E-state index contributed by atoms with van der Waals surface area (Å²) in [7, 11) is -3.56. The van der Waals surface area contributed by atoms with Gasteiger partial charge in [-0.3, -0.25) is 0 Å². The summed E-state index contributed by atoms with van der Waals surface area (Å²) in [6, 6.07) is -0.319. The van der Waals surface area contributed by atoms with Crippen molar-refractivity contribution >= 4 is 33.0 Å². The number of aliphatic hydroxyl groups is 1. The van der Waals surface area contributed by atoms with E-state index in [1.807, 2.05) is 0 Å². The van der Waals surface area contributed by atoms with Crippen LogP contribution in [-0.4, -0.2) is 42.0 Å². The van der Waals surface area contributed by atoms with Crippen LogP contribution in [0, 0.1) is 6.92 Å². The summed E-state index contributed by atoms with van der Waals surface area (Å²) in [5, 5.41) is 9.18. The number of hydrogen-bond acceptors (Lipinski definition) is 5. The maximum Gasteiger partial charge on any atom is 0.254 e. The predicted octanol–water partition coefficient (Wildman–Crippen LogP) is 1.25. The van der Waals surface area contributed by atoms with Crippen molar-refractivity contribution < 1.29 is 13.5 Å². The van der Waals surface area contributed by atoms with Crippen LogP contribution in [0.5, 0.6) is 0 Å². The van der Waals surface area contributed by atoms with Crippen molar-refractivity contribution in [2.75, 3.05) is 13.2 Å². The van der Waals surface area contributed by atoms with Gasteiger partial charge in [0.25, 0.3) is 10.0 Å². The van der Waals surface area contributed by atoms with Gasteiger partial charge in [0.15, 0.2) is 8.68 Å². The largest absolute Gasteiger partial charge is 0.395 e. The number of aliphatic hydroxyl groups excluding tert-OH is 1. The second-order valence-corrected chi connectivity index (χ2v) is 7.60. The third-order valence-electron chi connectivity index (χ3n) is 2.80. The average Bonchev–Trinajstić information content (AvgIpc) is 2.84. The molecule has 96 valence electrons. The molecule has 0 radical (unpaired) electrons. The highest BCUT2D eigenvalue weighted by atomic mass is 35.5. The third-order valence-corrected chi connectivity index (χ3v) is 6.61. The highest BCUT2D eigenvalue weighted by Gasteiger charge is 2.37. The number of hydrogen-bond donors (Lipinski definition) is 1. The average molecular weight is 297 g/mol. The second kappa shape index (κ2) is 4.81. The lowest BCUT2D eigenvalue weighted by Crippen LogP contribution is -2.37. The van der Waals surface area contributed by atoms with Crippen molar-refractivity contribution in [3.05, 3.63) is 10.2 Å². The Morgan fingerprint density at radius 3 is 2.88 bits per heavy atom. The molecule has 1 unspecified atom stereocenters. The molecule has 1 atom stereocenters. The molecule has 0 amide bonds. The molecular formula is C9H13ClN2O3S2. The van der Waals surface area contributed by atoms with Crippen LogP contribution in [0.15, 0.2) is 4.21 Å². The van der Waals surface area contributed by atoms with E-state index in [9.17, 15) is 13.5 Å². The Morgan fingerprint density at radius 1 is 1.65 bits per heavy atom. The molecule has 1 saturated heterocycles. The van der Waals surface area contributed by atoms with Crippen molar-refractivity contribution in [2.24, 2.45) is 0 Å². The highest BCUT2D eigenvalue weighted by molar-refractivity contribution is 7.91. The molecular weight excluding hydrogens is 284 g/mol. The van der Waals surface area contributed by atoms with E-state index >= 15 is 0 Å². The molecule has 2 rings (SSSR count). The quantitative estimate of drug-likeness (QED) is 0.911. The molecule has 17 heavy (non-hydrogen) atoms. The van der Waals surface area contributed by atoms with Gasteiger partial charge >= 0.3 is 0 Å². The molecule has 1 aromatic heterocycles. The van der Waals surface area contributed by atoms with E-state index in [1.54, 1.807) is 6.92 Å². The lowest BCUT2D eigenvalue weighted by molar-refractivity contribution is 0.213. The number of aryl methyl sites for hydroxylation is 1. The Balaban J connectivity index is 2.39. The van der Waals surface area contributed by atoms with Gasteiger partial charge in [0.2, 0.25) is 0 Å². The molecule has 2 heterocycles. The molecule has 1 fully saturated rings. The molecule has 1 aliphatic heterocycles. The van der Waals surface area contributed by atoms with Gasteiger partial charge in [0, 0.05) is 12.6 Å². The van der Waals surface area contributed by atoms with E-state index in [0.29, 0.717) is 18.7 Å². The minimum Gasteiger partial charge on any atom is -0.395 e. The maximum atomic E-state index is 12.4. The van der Waals surface area contributed by atoms with Crippen LogP contribution >= 0.6 is 22.9 Å². The first kappa shape index (κ1) is 13.2. The first-order valence-corrected chi connectivity index (χ1v) is 7.86. The van der Waals surface area contributed by atoms with Gasteiger partial charge in [-0.2, -0.15) is 4.31 Å². The van der Waals surface area contributed by atoms with Crippen molar-refractivity contribution in [1.29, 1.82) is 0 Å². The fourth-order valence-electron chi connectivity index (χ4n) is 2.00. The summed E-state index contributed by atoms with van der Waals surface area (Å²) in [6.07, 6.45) is 1.47. The normalized spacial score (nSPS) is 22.2. The van der Waals surface area contributed by atoms with Crippen molar-refractivity contribution in [3.8, 4) is 0 Å². The summed E-state index contributed by atoms with van der Waals surface area (Å²) in [5.41, 5.74) is 0.420. The summed E-state index contributed by atoms with van der Waals surface area (Å²) < 4.78 is 26.5. The van der Waals surface area contributed by atoms with E-state index in [0.717, 1.165) is 17.8 Å². The molecule has 5 nitrogen and oxygen atoms in total. The first-order chi connectivity index (χ1) is 7.96. The number of thiazole rings is 1. The standard InChI is InChI=1S/C9H13ClN2O3S2/c1-6-8(16-9(10)11-6)17(14,15)12-4-2-3-7(12)5-13/h7,13H,2-5H2,1H3. The van der Waals surface area contributed by atoms with Crippen molar-refractivity contribution in [2.45, 2.75) is 30.0 Å². The fraction of sp³-hybridized carbons (Fsp3) is 0.667. The third kappa shape index (κ3) is 2.34. The molecule has 8 heteroatoms. The Morgan fingerprint density at radius 2 is 2.35 bits per heavy atom. The predicted molar refractivity (Wildman–Crippen MR) is 65.9 cm³/mol. The topological polar surface area (TPSA) is 70.5 Å². The van der Waals surface area contributed by atoms with Crippen molar-refractivity contribution in [1.82, 2.24) is 9.29 Å². The maximum absolute atomic E-state index is 12.4. The Bertz CT molecular complexity index is 514. The van der Waals surface area contributed by atoms with Crippen LogP contribution in [-0.2, 0) is 10.0 Å². The Kier molecular flexibility index (Phi) is 3.74. The van der Waals surface area contributed by atoms with Gasteiger partial charge in [-0.05, 0) is 19.8 Å². The highest BCUT2D eigenvalue weighted by Crippen LogP contribution is 2.32. The van der Waals surface area contributed by atoms with Crippen LogP contribution in [0.1, 0.15) is 18.5 Å². The van der Waals surface area contributed by atoms with Crippen LogP contribution < -0.4 is 0 Å². The number of rotatable bonds is 3. The van der Waals surface area contributed by atoms with Crippen LogP contribution in [0.3, 0.4) is 0 Å². The molecule has 1 aromatic rings. The fourth-order valence-corrected chi connectivity index (χ4v) is 5.54. The molecule has 0 bridgehead atoms. The molecule has 1 N–H and O–H groups in total. The SMILES string of the molecule is Cc1nc(Cl)sc1S(=O)(=O)N1CCCC1CO. The summed E-state index contributed by atoms with van der Waals surface area (Å²) in [4.78, 5) is 3.92. The monoisotopic (exact) mass is 296 g/mol. The molecule has 0 spiro atoms. The number of halogens is 1. The lowest BCUT2D eigenvalue weighted by Gasteiger charge is -2.21. The summed E-state index contributed by atoms with van der Waals surface area (Å²) >= 11 is 6.69. The lowest BCUT2D eigenvalue weighted by atomic mass is 10.2. The number of sulfonamides is 1. The van der Waals surface area contributed by atoms with Gasteiger partial charge in [-0.15, -0.1) is 0 Å². The van der Waals surface area contributed by atoms with Gasteiger partial charge in [0.05, 0.1) is 12.3 Å². The minimum atomic E-state index is -3.56.